The van der Waals surface area contributed by atoms with Crippen LogP contribution in [0.15, 0.2) is 0 Å². The maximum absolute atomic E-state index is 12.4. The van der Waals surface area contributed by atoms with Gasteiger partial charge >= 0.3 is 0 Å². The summed E-state index contributed by atoms with van der Waals surface area (Å²) in [4.78, 5) is 24.7. The molecule has 3 aliphatic rings. The molecule has 0 bridgehead atoms. The zero-order valence-corrected chi connectivity index (χ0v) is 11.5. The fourth-order valence-electron chi connectivity index (χ4n) is 5.08. The third-order valence-corrected chi connectivity index (χ3v) is 5.72. The van der Waals surface area contributed by atoms with Crippen molar-refractivity contribution in [3.63, 3.8) is 0 Å². The van der Waals surface area contributed by atoms with Gasteiger partial charge in [-0.05, 0) is 49.4 Å². The summed E-state index contributed by atoms with van der Waals surface area (Å²) < 4.78 is 0. The Morgan fingerprint density at radius 1 is 1.00 bits per heavy atom. The Balaban J connectivity index is 1.92. The van der Waals surface area contributed by atoms with E-state index in [-0.39, 0.29) is 11.8 Å². The lowest BCUT2D eigenvalue weighted by atomic mass is 9.53. The number of carbonyl (C=O) groups excluding carboxylic acids is 2. The highest BCUT2D eigenvalue weighted by atomic mass is 16.1. The first kappa shape index (κ1) is 12.4. The van der Waals surface area contributed by atoms with Crippen molar-refractivity contribution in [2.75, 3.05) is 0 Å². The molecule has 2 heteroatoms. The van der Waals surface area contributed by atoms with E-state index in [1.54, 1.807) is 0 Å². The SMILES string of the molecule is C[C@H]1CC(=O)[C@H]2[C@H](C1)C[C@@H](C)[C@H]1CCCC(=O)[C@@H]12. The molecule has 0 N–H and O–H groups in total. The maximum atomic E-state index is 12.4. The van der Waals surface area contributed by atoms with Crippen molar-refractivity contribution in [3.05, 3.63) is 0 Å². The Labute approximate surface area is 110 Å². The standard InChI is InChI=1S/C16H24O2/c1-9-6-11-8-10(2)12-4-3-5-13(17)16(12)15(11)14(18)7-9/h9-12,15-16H,3-8H2,1-2H3/t9-,10-,11-,12-,15-,16-/m1/s1. The summed E-state index contributed by atoms with van der Waals surface area (Å²) in [6, 6.07) is 0. The second kappa shape index (κ2) is 4.47. The highest BCUT2D eigenvalue weighted by Gasteiger charge is 2.51. The van der Waals surface area contributed by atoms with Gasteiger partial charge in [0.25, 0.3) is 0 Å². The summed E-state index contributed by atoms with van der Waals surface area (Å²) in [6.45, 7) is 4.49. The fraction of sp³-hybridized carbons (Fsp3) is 0.875. The van der Waals surface area contributed by atoms with Gasteiger partial charge in [-0.25, -0.2) is 0 Å². The van der Waals surface area contributed by atoms with E-state index in [1.165, 1.54) is 12.8 Å². The average Bonchev–Trinajstić information content (AvgIpc) is 2.29. The molecule has 18 heavy (non-hydrogen) atoms. The van der Waals surface area contributed by atoms with E-state index < -0.39 is 0 Å². The van der Waals surface area contributed by atoms with Gasteiger partial charge in [0.2, 0.25) is 0 Å². The second-order valence-electron chi connectivity index (χ2n) is 7.06. The first-order valence-corrected chi connectivity index (χ1v) is 7.63. The first-order chi connectivity index (χ1) is 8.58. The van der Waals surface area contributed by atoms with Crippen molar-refractivity contribution in [2.24, 2.45) is 35.5 Å². The Kier molecular flexibility index (Phi) is 3.07. The third-order valence-electron chi connectivity index (χ3n) is 5.72. The molecule has 0 saturated heterocycles. The lowest BCUT2D eigenvalue weighted by molar-refractivity contribution is -0.148. The van der Waals surface area contributed by atoms with Crippen LogP contribution >= 0.6 is 0 Å². The van der Waals surface area contributed by atoms with Crippen LogP contribution in [0.25, 0.3) is 0 Å². The molecule has 3 rings (SSSR count). The Morgan fingerprint density at radius 3 is 2.56 bits per heavy atom. The summed E-state index contributed by atoms with van der Waals surface area (Å²) >= 11 is 0. The molecule has 0 unspecified atom stereocenters. The lowest BCUT2D eigenvalue weighted by Gasteiger charge is -2.50. The van der Waals surface area contributed by atoms with Crippen LogP contribution in [-0.4, -0.2) is 11.6 Å². The minimum Gasteiger partial charge on any atom is -0.299 e. The molecular formula is C16H24O2. The van der Waals surface area contributed by atoms with E-state index in [1.807, 2.05) is 0 Å². The smallest absolute Gasteiger partial charge is 0.137 e. The molecule has 0 spiro atoms. The number of hydrogen-bond donors (Lipinski definition) is 0. The van der Waals surface area contributed by atoms with Crippen LogP contribution in [0.3, 0.4) is 0 Å². The van der Waals surface area contributed by atoms with E-state index in [0.717, 1.165) is 19.3 Å². The van der Waals surface area contributed by atoms with E-state index in [0.29, 0.717) is 41.7 Å². The van der Waals surface area contributed by atoms with Crippen LogP contribution in [0.5, 0.6) is 0 Å². The third kappa shape index (κ3) is 1.85. The number of carbonyl (C=O) groups is 2. The molecule has 0 heterocycles. The van der Waals surface area contributed by atoms with Gasteiger partial charge in [0.05, 0.1) is 0 Å². The summed E-state index contributed by atoms with van der Waals surface area (Å²) in [7, 11) is 0. The molecule has 100 valence electrons. The Hall–Kier alpha value is -0.660. The van der Waals surface area contributed by atoms with Crippen molar-refractivity contribution < 1.29 is 9.59 Å². The topological polar surface area (TPSA) is 34.1 Å². The van der Waals surface area contributed by atoms with Gasteiger partial charge in [0, 0.05) is 24.7 Å². The molecule has 3 fully saturated rings. The van der Waals surface area contributed by atoms with Crippen LogP contribution in [0.2, 0.25) is 0 Å². The van der Waals surface area contributed by atoms with Gasteiger partial charge in [-0.1, -0.05) is 13.8 Å². The molecular weight excluding hydrogens is 224 g/mol. The van der Waals surface area contributed by atoms with Gasteiger partial charge in [-0.3, -0.25) is 9.59 Å². The Bertz CT molecular complexity index is 373. The fourth-order valence-corrected chi connectivity index (χ4v) is 5.08. The van der Waals surface area contributed by atoms with E-state index in [4.69, 9.17) is 0 Å². The molecule has 0 aromatic rings. The predicted octanol–water partition coefficient (Wildman–Crippen LogP) is 3.24. The maximum Gasteiger partial charge on any atom is 0.137 e. The highest BCUT2D eigenvalue weighted by Crippen LogP contribution is 2.52. The summed E-state index contributed by atoms with van der Waals surface area (Å²) in [5, 5.41) is 0. The van der Waals surface area contributed by atoms with Gasteiger partial charge < -0.3 is 0 Å². The normalized spacial score (nSPS) is 48.6. The summed E-state index contributed by atoms with van der Waals surface area (Å²) in [5.41, 5.74) is 0. The van der Waals surface area contributed by atoms with Crippen LogP contribution in [0.1, 0.15) is 52.4 Å². The molecule has 0 aromatic carbocycles. The highest BCUT2D eigenvalue weighted by molar-refractivity contribution is 5.91. The summed E-state index contributed by atoms with van der Waals surface area (Å²) in [6.07, 6.45) is 5.99. The minimum absolute atomic E-state index is 0.0903. The number of fused-ring (bicyclic) bond motifs is 3. The van der Waals surface area contributed by atoms with Crippen molar-refractivity contribution in [1.29, 1.82) is 0 Å². The summed E-state index contributed by atoms with van der Waals surface area (Å²) in [5.74, 6) is 3.15. The largest absolute Gasteiger partial charge is 0.299 e. The van der Waals surface area contributed by atoms with Crippen LogP contribution in [0.4, 0.5) is 0 Å². The van der Waals surface area contributed by atoms with Crippen molar-refractivity contribution >= 4 is 11.6 Å². The van der Waals surface area contributed by atoms with Crippen molar-refractivity contribution in [2.45, 2.75) is 52.4 Å². The number of hydrogen-bond acceptors (Lipinski definition) is 2. The van der Waals surface area contributed by atoms with Crippen LogP contribution in [-0.2, 0) is 9.59 Å². The monoisotopic (exact) mass is 248 g/mol. The predicted molar refractivity (Wildman–Crippen MR) is 70.0 cm³/mol. The molecule has 0 aliphatic heterocycles. The van der Waals surface area contributed by atoms with Gasteiger partial charge in [-0.2, -0.15) is 0 Å². The Morgan fingerprint density at radius 2 is 1.78 bits per heavy atom. The molecule has 3 aliphatic carbocycles. The average molecular weight is 248 g/mol. The zero-order chi connectivity index (χ0) is 12.9. The quantitative estimate of drug-likeness (QED) is 0.659. The minimum atomic E-state index is 0.0903. The number of rotatable bonds is 0. The van der Waals surface area contributed by atoms with Crippen LogP contribution < -0.4 is 0 Å². The van der Waals surface area contributed by atoms with Gasteiger partial charge in [0.1, 0.15) is 11.6 Å². The zero-order valence-electron chi connectivity index (χ0n) is 11.5. The second-order valence-corrected chi connectivity index (χ2v) is 7.06. The number of ketones is 2. The molecule has 6 atom stereocenters. The molecule has 0 aromatic heterocycles. The molecule has 3 saturated carbocycles. The molecule has 0 radical (unpaired) electrons. The van der Waals surface area contributed by atoms with Crippen LogP contribution in [0, 0.1) is 35.5 Å². The van der Waals surface area contributed by atoms with Crippen molar-refractivity contribution in [1.82, 2.24) is 0 Å². The lowest BCUT2D eigenvalue weighted by Crippen LogP contribution is -2.50. The van der Waals surface area contributed by atoms with Crippen molar-refractivity contribution in [3.8, 4) is 0 Å². The molecule has 0 amide bonds. The molecule has 2 nitrogen and oxygen atoms in total. The first-order valence-electron chi connectivity index (χ1n) is 7.63. The van der Waals surface area contributed by atoms with E-state index in [2.05, 4.69) is 13.8 Å². The van der Waals surface area contributed by atoms with Gasteiger partial charge in [-0.15, -0.1) is 0 Å². The van der Waals surface area contributed by atoms with Gasteiger partial charge in [0.15, 0.2) is 0 Å². The van der Waals surface area contributed by atoms with E-state index in [9.17, 15) is 9.59 Å². The number of Topliss-reactive ketones (excluding diaryl/α,β-unsaturated/α-hetero) is 2. The van der Waals surface area contributed by atoms with E-state index >= 15 is 0 Å².